The lowest BCUT2D eigenvalue weighted by atomic mass is 9.78. The molecule has 0 amide bonds. The van der Waals surface area contributed by atoms with Gasteiger partial charge >= 0.3 is 13.1 Å². The molecule has 12 nitrogen and oxygen atoms in total. The van der Waals surface area contributed by atoms with E-state index in [1.165, 1.54) is 0 Å². The van der Waals surface area contributed by atoms with Crippen LogP contribution in [0, 0.1) is 5.92 Å². The molecule has 2 saturated heterocycles. The van der Waals surface area contributed by atoms with Gasteiger partial charge in [-0.3, -0.25) is 4.79 Å². The van der Waals surface area contributed by atoms with Crippen molar-refractivity contribution in [1.82, 2.24) is 9.03 Å². The molecule has 2 aliphatic rings. The van der Waals surface area contributed by atoms with E-state index in [4.69, 9.17) is 18.8 Å². The maximum Gasteiger partial charge on any atom is 0.457 e. The molecular weight excluding hydrogens is 585 g/mol. The van der Waals surface area contributed by atoms with E-state index in [-0.39, 0.29) is 32.8 Å². The molecule has 0 unspecified atom stereocenters. The van der Waals surface area contributed by atoms with Crippen LogP contribution in [0.2, 0.25) is 6.32 Å². The lowest BCUT2D eigenvalue weighted by Gasteiger charge is -2.32. The minimum atomic E-state index is -4.04. The Kier molecular flexibility index (Phi) is 11.1. The van der Waals surface area contributed by atoms with Crippen LogP contribution in [-0.4, -0.2) is 68.8 Å². The van der Waals surface area contributed by atoms with Gasteiger partial charge in [-0.15, -0.1) is 0 Å². The quantitative estimate of drug-likeness (QED) is 0.0755. The summed E-state index contributed by atoms with van der Waals surface area (Å²) >= 11 is 0. The maximum absolute atomic E-state index is 13.6. The Bertz CT molecular complexity index is 1390. The SMILES string of the molecule is CC1(C)OB(CCC[C@H]2CN(S(=O)(=O)NCCOCc3ccccc3)C[C@@]2(N=[N+]=[N-])C(=O)OCc2ccccc2)OC1(C)C. The predicted octanol–water partition coefficient (Wildman–Crippen LogP) is 4.63. The number of nitrogens with zero attached hydrogens (tertiary/aromatic N) is 4. The van der Waals surface area contributed by atoms with E-state index in [9.17, 15) is 18.7 Å². The van der Waals surface area contributed by atoms with Crippen LogP contribution in [0.1, 0.15) is 51.7 Å². The predicted molar refractivity (Wildman–Crippen MR) is 166 cm³/mol. The van der Waals surface area contributed by atoms with Gasteiger partial charge in [0.05, 0.1) is 24.4 Å². The number of rotatable bonds is 15. The minimum absolute atomic E-state index is 0.0248. The second-order valence-corrected chi connectivity index (χ2v) is 14.0. The topological polar surface area (TPSA) is 152 Å². The van der Waals surface area contributed by atoms with Crippen LogP contribution in [0.15, 0.2) is 65.8 Å². The van der Waals surface area contributed by atoms with Gasteiger partial charge in [-0.2, -0.15) is 17.4 Å². The van der Waals surface area contributed by atoms with Gasteiger partial charge in [0.2, 0.25) is 0 Å². The van der Waals surface area contributed by atoms with Crippen molar-refractivity contribution >= 4 is 23.3 Å². The molecule has 14 heteroatoms. The Morgan fingerprint density at radius 1 is 1.05 bits per heavy atom. The maximum atomic E-state index is 13.6. The van der Waals surface area contributed by atoms with Gasteiger partial charge in [0.15, 0.2) is 5.54 Å². The summed E-state index contributed by atoms with van der Waals surface area (Å²) in [4.78, 5) is 16.6. The van der Waals surface area contributed by atoms with Crippen molar-refractivity contribution in [3.05, 3.63) is 82.2 Å². The monoisotopic (exact) mass is 627 g/mol. The number of nitrogens with one attached hydrogen (secondary N) is 1. The van der Waals surface area contributed by atoms with Crippen molar-refractivity contribution in [3.8, 4) is 0 Å². The summed E-state index contributed by atoms with van der Waals surface area (Å²) in [5, 5.41) is 3.94. The molecular formula is C30H42BN5O7S. The average molecular weight is 628 g/mol. The number of carbonyl (C=O) groups excluding carboxylic acids is 1. The van der Waals surface area contributed by atoms with Crippen molar-refractivity contribution in [1.29, 1.82) is 0 Å². The fourth-order valence-electron chi connectivity index (χ4n) is 5.40. The number of hydrogen-bond acceptors (Lipinski definition) is 8. The summed E-state index contributed by atoms with van der Waals surface area (Å²) in [7, 11) is -4.48. The standard InChI is InChI=1S/C30H42BN5O7S/c1-28(2)29(3,4)43-31(42-28)17-11-16-26-20-36(44(38,39)33-18-19-40-21-24-12-7-5-8-13-24)23-30(26,34-35-32)27(37)41-22-25-14-9-6-10-15-25/h5-10,12-15,26,33H,11,16-23H2,1-4H3/t26-,30-/m0/s1. The van der Waals surface area contributed by atoms with Crippen molar-refractivity contribution in [2.24, 2.45) is 11.0 Å². The van der Waals surface area contributed by atoms with Crippen LogP contribution >= 0.6 is 0 Å². The summed E-state index contributed by atoms with van der Waals surface area (Å²) in [6, 6.07) is 18.7. The zero-order valence-corrected chi connectivity index (χ0v) is 26.7. The van der Waals surface area contributed by atoms with Crippen LogP contribution in [0.25, 0.3) is 10.4 Å². The number of azide groups is 1. The first-order valence-corrected chi connectivity index (χ1v) is 16.3. The zero-order chi connectivity index (χ0) is 31.8. The van der Waals surface area contributed by atoms with Crippen molar-refractivity contribution in [2.75, 3.05) is 26.2 Å². The first kappa shape index (κ1) is 33.9. The van der Waals surface area contributed by atoms with Gasteiger partial charge in [0.25, 0.3) is 10.2 Å². The normalized spacial score (nSPS) is 22.9. The Morgan fingerprint density at radius 2 is 1.64 bits per heavy atom. The number of carbonyl (C=O) groups is 1. The van der Waals surface area contributed by atoms with Crippen LogP contribution in [0.3, 0.4) is 0 Å². The van der Waals surface area contributed by atoms with E-state index in [0.29, 0.717) is 25.8 Å². The molecule has 2 aromatic carbocycles. The third-order valence-corrected chi connectivity index (χ3v) is 10.1. The van der Waals surface area contributed by atoms with E-state index in [0.717, 1.165) is 15.4 Å². The van der Waals surface area contributed by atoms with Crippen LogP contribution in [-0.2, 0) is 47.0 Å². The molecule has 0 aromatic heterocycles. The largest absolute Gasteiger partial charge is 0.460 e. The third kappa shape index (κ3) is 8.19. The molecule has 2 aromatic rings. The fraction of sp³-hybridized carbons (Fsp3) is 0.567. The molecule has 2 fully saturated rings. The number of esters is 1. The summed E-state index contributed by atoms with van der Waals surface area (Å²) in [6.45, 7) is 8.03. The first-order chi connectivity index (χ1) is 20.9. The molecule has 2 aliphatic heterocycles. The fourth-order valence-corrected chi connectivity index (χ4v) is 6.66. The highest BCUT2D eigenvalue weighted by Crippen LogP contribution is 2.41. The van der Waals surface area contributed by atoms with E-state index >= 15 is 0 Å². The lowest BCUT2D eigenvalue weighted by Crippen LogP contribution is -2.47. The molecule has 44 heavy (non-hydrogen) atoms. The highest BCUT2D eigenvalue weighted by molar-refractivity contribution is 7.87. The summed E-state index contributed by atoms with van der Waals surface area (Å²) < 4.78 is 53.9. The van der Waals surface area contributed by atoms with Gasteiger partial charge in [-0.05, 0) is 63.0 Å². The van der Waals surface area contributed by atoms with Gasteiger partial charge in [0.1, 0.15) is 6.61 Å². The zero-order valence-electron chi connectivity index (χ0n) is 25.8. The Morgan fingerprint density at radius 3 is 2.23 bits per heavy atom. The van der Waals surface area contributed by atoms with Crippen molar-refractivity contribution in [3.63, 3.8) is 0 Å². The van der Waals surface area contributed by atoms with E-state index in [2.05, 4.69) is 14.7 Å². The summed E-state index contributed by atoms with van der Waals surface area (Å²) in [5.41, 5.74) is 8.58. The average Bonchev–Trinajstić information content (AvgIpc) is 3.46. The molecule has 0 radical (unpaired) electrons. The highest BCUT2D eigenvalue weighted by Gasteiger charge is 2.56. The number of benzene rings is 2. The van der Waals surface area contributed by atoms with Crippen molar-refractivity contribution < 1.29 is 32.0 Å². The Hall–Kier alpha value is -2.97. The van der Waals surface area contributed by atoms with Crippen LogP contribution < -0.4 is 4.72 Å². The lowest BCUT2D eigenvalue weighted by molar-refractivity contribution is -0.152. The minimum Gasteiger partial charge on any atom is -0.460 e. The molecule has 238 valence electrons. The second-order valence-electron chi connectivity index (χ2n) is 12.2. The second kappa shape index (κ2) is 14.4. The summed E-state index contributed by atoms with van der Waals surface area (Å²) in [6.07, 6.45) is 1.46. The van der Waals surface area contributed by atoms with Gasteiger partial charge in [-0.1, -0.05) is 72.2 Å². The molecule has 0 saturated carbocycles. The molecule has 0 aliphatic carbocycles. The highest BCUT2D eigenvalue weighted by atomic mass is 32.2. The van der Waals surface area contributed by atoms with Crippen LogP contribution in [0.5, 0.6) is 0 Å². The molecule has 2 heterocycles. The number of hydrogen-bond donors (Lipinski definition) is 1. The van der Waals surface area contributed by atoms with Gasteiger partial charge < -0.3 is 18.8 Å². The molecule has 1 N–H and O–H groups in total. The van der Waals surface area contributed by atoms with Gasteiger partial charge in [0, 0.05) is 24.5 Å². The van der Waals surface area contributed by atoms with E-state index in [1.54, 1.807) is 0 Å². The Labute approximate surface area is 260 Å². The van der Waals surface area contributed by atoms with Gasteiger partial charge in [-0.25, -0.2) is 0 Å². The smallest absolute Gasteiger partial charge is 0.457 e. The van der Waals surface area contributed by atoms with E-state index < -0.39 is 46.0 Å². The number of ether oxygens (including phenoxy) is 2. The molecule has 4 rings (SSSR count). The Balaban J connectivity index is 1.43. The molecule has 0 spiro atoms. The van der Waals surface area contributed by atoms with Crippen LogP contribution in [0.4, 0.5) is 0 Å². The third-order valence-electron chi connectivity index (χ3n) is 8.58. The van der Waals surface area contributed by atoms with E-state index in [1.807, 2.05) is 88.4 Å². The van der Waals surface area contributed by atoms with Crippen molar-refractivity contribution in [2.45, 2.75) is 76.8 Å². The summed E-state index contributed by atoms with van der Waals surface area (Å²) in [5.74, 6) is -1.39. The molecule has 2 atom stereocenters. The molecule has 0 bridgehead atoms. The first-order valence-electron chi connectivity index (χ1n) is 14.9.